The fraction of sp³-hybridized carbons (Fsp3) is 0.700. The van der Waals surface area contributed by atoms with Crippen LogP contribution in [-0.2, 0) is 11.3 Å². The normalized spacial score (nSPS) is 17.6. The van der Waals surface area contributed by atoms with Gasteiger partial charge in [0.1, 0.15) is 5.60 Å². The first-order chi connectivity index (χ1) is 12.9. The molecule has 1 fully saturated rings. The zero-order chi connectivity index (χ0) is 19.7. The quantitative estimate of drug-likeness (QED) is 0.354. The predicted octanol–water partition coefficient (Wildman–Crippen LogP) is 3.31. The maximum atomic E-state index is 12.3. The molecule has 0 saturated carbocycles. The van der Waals surface area contributed by atoms with Gasteiger partial charge in [-0.15, -0.1) is 24.0 Å². The molecule has 0 bridgehead atoms. The molecule has 8 heteroatoms. The van der Waals surface area contributed by atoms with E-state index in [9.17, 15) is 4.79 Å². The van der Waals surface area contributed by atoms with Crippen LogP contribution in [0.15, 0.2) is 29.5 Å². The van der Waals surface area contributed by atoms with E-state index in [2.05, 4.69) is 32.6 Å². The van der Waals surface area contributed by atoms with E-state index >= 15 is 0 Å². The summed E-state index contributed by atoms with van der Waals surface area (Å²) in [5.41, 5.74) is -0.440. The van der Waals surface area contributed by atoms with Crippen LogP contribution in [-0.4, -0.2) is 60.3 Å². The fourth-order valence-corrected chi connectivity index (χ4v) is 3.23. The van der Waals surface area contributed by atoms with Crippen LogP contribution >= 0.6 is 24.0 Å². The van der Waals surface area contributed by atoms with Crippen molar-refractivity contribution in [3.63, 3.8) is 0 Å². The Morgan fingerprint density at radius 2 is 1.89 bits per heavy atom. The molecule has 1 aromatic heterocycles. The van der Waals surface area contributed by atoms with Crippen molar-refractivity contribution in [1.29, 1.82) is 0 Å². The highest BCUT2D eigenvalue weighted by molar-refractivity contribution is 14.0. The summed E-state index contributed by atoms with van der Waals surface area (Å²) in [7, 11) is 1.79. The molecule has 2 rings (SSSR count). The maximum Gasteiger partial charge on any atom is 0.410 e. The molecule has 1 aliphatic rings. The first kappa shape index (κ1) is 24.6. The minimum Gasteiger partial charge on any atom is -0.444 e. The molecule has 1 saturated heterocycles. The molecular formula is C20H36IN5O2. The van der Waals surface area contributed by atoms with Crippen LogP contribution in [0, 0.1) is 5.92 Å². The predicted molar refractivity (Wildman–Crippen MR) is 124 cm³/mol. The number of piperidine rings is 1. The Bertz CT molecular complexity index is 598. The summed E-state index contributed by atoms with van der Waals surface area (Å²) in [6.45, 7) is 9.86. The number of nitrogens with one attached hydrogen (secondary N) is 2. The van der Waals surface area contributed by atoms with E-state index in [-0.39, 0.29) is 30.1 Å². The van der Waals surface area contributed by atoms with Crippen LogP contribution < -0.4 is 10.6 Å². The average Bonchev–Trinajstić information content (AvgIpc) is 3.12. The van der Waals surface area contributed by atoms with Gasteiger partial charge in [-0.25, -0.2) is 4.79 Å². The standard InChI is InChI=1S/C20H35N5O2.HI/c1-20(2,3)27-19(26)25-14-7-8-17(16-25)9-10-22-18(21-4)23-11-15-24-12-5-6-13-24;/h5-6,12-13,17H,7-11,14-16H2,1-4H3,(H2,21,22,23);1H. The summed E-state index contributed by atoms with van der Waals surface area (Å²) in [6.07, 6.45) is 7.11. The molecule has 1 atom stereocenters. The highest BCUT2D eigenvalue weighted by Crippen LogP contribution is 2.21. The molecule has 1 amide bonds. The second kappa shape index (κ2) is 12.2. The average molecular weight is 505 g/mol. The van der Waals surface area contributed by atoms with Crippen molar-refractivity contribution in [2.45, 2.75) is 52.2 Å². The Morgan fingerprint density at radius 1 is 1.21 bits per heavy atom. The van der Waals surface area contributed by atoms with E-state index in [1.54, 1.807) is 7.05 Å². The molecule has 0 aromatic carbocycles. The van der Waals surface area contributed by atoms with Crippen LogP contribution in [0.5, 0.6) is 0 Å². The lowest BCUT2D eigenvalue weighted by atomic mass is 9.95. The van der Waals surface area contributed by atoms with E-state index in [1.807, 2.05) is 37.8 Å². The van der Waals surface area contributed by atoms with Crippen molar-refractivity contribution in [2.24, 2.45) is 10.9 Å². The Hall–Kier alpha value is -1.45. The lowest BCUT2D eigenvalue weighted by molar-refractivity contribution is 0.0162. The first-order valence-corrected chi connectivity index (χ1v) is 9.90. The number of rotatable bonds is 6. The molecular weight excluding hydrogens is 469 g/mol. The lowest BCUT2D eigenvalue weighted by Gasteiger charge is -2.34. The first-order valence-electron chi connectivity index (χ1n) is 9.90. The highest BCUT2D eigenvalue weighted by atomic mass is 127. The van der Waals surface area contributed by atoms with Crippen molar-refractivity contribution in [2.75, 3.05) is 33.2 Å². The van der Waals surface area contributed by atoms with Crippen molar-refractivity contribution in [3.05, 3.63) is 24.5 Å². The van der Waals surface area contributed by atoms with Gasteiger partial charge in [0.15, 0.2) is 5.96 Å². The summed E-state index contributed by atoms with van der Waals surface area (Å²) in [6, 6.07) is 4.05. The van der Waals surface area contributed by atoms with Crippen molar-refractivity contribution < 1.29 is 9.53 Å². The number of nitrogens with zero attached hydrogens (tertiary/aromatic N) is 3. The van der Waals surface area contributed by atoms with Gasteiger partial charge in [-0.05, 0) is 58.1 Å². The maximum absolute atomic E-state index is 12.3. The van der Waals surface area contributed by atoms with Crippen molar-refractivity contribution >= 4 is 36.0 Å². The number of halogens is 1. The van der Waals surface area contributed by atoms with Crippen LogP contribution in [0.2, 0.25) is 0 Å². The molecule has 7 nitrogen and oxygen atoms in total. The minimum atomic E-state index is -0.440. The summed E-state index contributed by atoms with van der Waals surface area (Å²) >= 11 is 0. The monoisotopic (exact) mass is 505 g/mol. The molecule has 28 heavy (non-hydrogen) atoms. The number of carbonyl (C=O) groups excluding carboxylic acids is 1. The number of aromatic nitrogens is 1. The number of likely N-dealkylation sites (tertiary alicyclic amines) is 1. The molecule has 0 spiro atoms. The number of amides is 1. The number of carbonyl (C=O) groups is 1. The molecule has 2 N–H and O–H groups in total. The largest absolute Gasteiger partial charge is 0.444 e. The summed E-state index contributed by atoms with van der Waals surface area (Å²) < 4.78 is 7.63. The van der Waals surface area contributed by atoms with E-state index in [0.29, 0.717) is 5.92 Å². The Balaban J connectivity index is 0.00000392. The van der Waals surface area contributed by atoms with Crippen LogP contribution in [0.4, 0.5) is 4.79 Å². The van der Waals surface area contributed by atoms with Crippen LogP contribution in [0.1, 0.15) is 40.0 Å². The Kier molecular flexibility index (Phi) is 10.7. The molecule has 2 heterocycles. The summed E-state index contributed by atoms with van der Waals surface area (Å²) in [5.74, 6) is 1.32. The number of hydrogen-bond acceptors (Lipinski definition) is 3. The molecule has 1 aromatic rings. The van der Waals surface area contributed by atoms with Gasteiger partial charge in [0.05, 0.1) is 0 Å². The van der Waals surface area contributed by atoms with E-state index in [0.717, 1.165) is 57.9 Å². The zero-order valence-electron chi connectivity index (χ0n) is 17.6. The lowest BCUT2D eigenvalue weighted by Crippen LogP contribution is -2.44. The van der Waals surface area contributed by atoms with Crippen LogP contribution in [0.3, 0.4) is 0 Å². The van der Waals surface area contributed by atoms with Crippen LogP contribution in [0.25, 0.3) is 0 Å². The Labute approximate surface area is 186 Å². The van der Waals surface area contributed by atoms with Gasteiger partial charge in [0.2, 0.25) is 0 Å². The molecule has 1 aliphatic heterocycles. The smallest absolute Gasteiger partial charge is 0.410 e. The van der Waals surface area contributed by atoms with Crippen molar-refractivity contribution in [3.8, 4) is 0 Å². The Morgan fingerprint density at radius 3 is 2.54 bits per heavy atom. The van der Waals surface area contributed by atoms with Gasteiger partial charge in [-0.2, -0.15) is 0 Å². The van der Waals surface area contributed by atoms with E-state index in [4.69, 9.17) is 4.74 Å². The fourth-order valence-electron chi connectivity index (χ4n) is 3.23. The van der Waals surface area contributed by atoms with E-state index < -0.39 is 5.60 Å². The van der Waals surface area contributed by atoms with E-state index in [1.165, 1.54) is 0 Å². The third-order valence-electron chi connectivity index (χ3n) is 4.57. The second-order valence-electron chi connectivity index (χ2n) is 8.07. The van der Waals surface area contributed by atoms with Gasteiger partial charge in [-0.3, -0.25) is 4.99 Å². The SMILES string of the molecule is CN=C(NCCC1CCCN(C(=O)OC(C)(C)C)C1)NCCn1cccc1.I. The van der Waals surface area contributed by atoms with Gasteiger partial charge in [0, 0.05) is 52.2 Å². The van der Waals surface area contributed by atoms with Gasteiger partial charge >= 0.3 is 6.09 Å². The van der Waals surface area contributed by atoms with Gasteiger partial charge < -0.3 is 24.8 Å². The number of hydrogen-bond donors (Lipinski definition) is 2. The highest BCUT2D eigenvalue weighted by Gasteiger charge is 2.27. The summed E-state index contributed by atoms with van der Waals surface area (Å²) in [5, 5.41) is 6.71. The number of ether oxygens (including phenoxy) is 1. The minimum absolute atomic E-state index is 0. The molecule has 0 radical (unpaired) electrons. The zero-order valence-corrected chi connectivity index (χ0v) is 19.9. The van der Waals surface area contributed by atoms with Gasteiger partial charge in [-0.1, -0.05) is 0 Å². The third kappa shape index (κ3) is 9.16. The number of guanidine groups is 1. The molecule has 0 aliphatic carbocycles. The topological polar surface area (TPSA) is 70.9 Å². The summed E-state index contributed by atoms with van der Waals surface area (Å²) in [4.78, 5) is 18.4. The molecule has 1 unspecified atom stereocenters. The second-order valence-corrected chi connectivity index (χ2v) is 8.07. The van der Waals surface area contributed by atoms with Gasteiger partial charge in [0.25, 0.3) is 0 Å². The molecule has 160 valence electrons. The van der Waals surface area contributed by atoms with Crippen molar-refractivity contribution in [1.82, 2.24) is 20.1 Å². The third-order valence-corrected chi connectivity index (χ3v) is 4.57. The number of aliphatic imine (C=N–C) groups is 1.